The van der Waals surface area contributed by atoms with Crippen molar-refractivity contribution in [2.75, 3.05) is 65.9 Å². The SMILES string of the molecule is NCCOP(=O)(O)O[C@@H](CO[C@H]1O[C@H]([C@@H](O)CO[C@@H]2O[C@H](C(=O)O)[C@H](O)[C@H](O)[C@H]2O)[C@@H](O)[C@H](O)[C@@H]1O)[C@H]1O[C@H](O[C@@H]2[C@H](O)[C@@H](O[C@H]3[C@@H]([C@H](O)CO[C@H]4OC[C@H](N)[C@H](O)[C@H]4O)OC(O)(C(=O)O)C[C@H]3O)O[C@H]([C@@H](O)CO)[C@H]2OP(=O)(O)OP(=O)(O)OCCN)[C@@H](O)[C@@H](O[C@H]2O[C@H](CO)[C@@H](O)[C@H](O)[C@H]2O)[C@@H]1O. The molecule has 0 aromatic heterocycles. The highest BCUT2D eigenvalue weighted by Crippen LogP contribution is 2.62. The number of rotatable bonds is 35. The number of aliphatic hydroxyl groups is 21. The molecule has 614 valence electrons. The molecule has 7 saturated heterocycles. The van der Waals surface area contributed by atoms with E-state index in [9.17, 15) is 155 Å². The summed E-state index contributed by atoms with van der Waals surface area (Å²) >= 11 is 0. The first kappa shape index (κ1) is 90.0. The molecule has 7 aliphatic rings. The minimum atomic E-state index is -6.45. The van der Waals surface area contributed by atoms with Gasteiger partial charge in [0, 0.05) is 19.5 Å². The number of carboxylic acids is 2. The van der Waals surface area contributed by atoms with Crippen molar-refractivity contribution in [2.45, 2.75) is 233 Å². The zero-order chi connectivity index (χ0) is 78.4. The van der Waals surface area contributed by atoms with Crippen LogP contribution in [-0.4, -0.2) is 437 Å². The Labute approximate surface area is 589 Å². The highest BCUT2D eigenvalue weighted by Gasteiger charge is 2.62. The number of hydrogen-bond donors (Lipinski definition) is 29. The minimum Gasteiger partial charge on any atom is -0.479 e. The topological polar surface area (TPSA) is 856 Å². The summed E-state index contributed by atoms with van der Waals surface area (Å²) < 4.78 is 137. The predicted octanol–water partition coefficient (Wildman–Crippen LogP) is -17.3. The standard InChI is InChI=1S/C50H90N3O49P3/c51-1-3-89-103(79,80)100-18(11-88-45-27(68)22(63)24(65)33(92-45)15(58)9-87-44-28(69)23(64)25(66)40(98-44)42(74)75)37-30(71)38(96-46-29(70)21(62)20(61)17(7-55)91-46)31(72)47(95-37)97-39-32(73)48(94-35(14(57)6-54)41(39)101-105(83,84)102-104(81,82)90-4-2-52)93-34-13(56)5-50(78,49(76)77)99-36(34)16(59)10-86-43-26(67)19(60)12(53)8-85-43/h12-41,43-48,54-73,78H,1-11,51-53H2,(H,74,75)(H,76,77)(H,79,80)(H,81,82)(H,83,84)/t12-,13+,14-,15-,16+,17+,18-,19-,20+,21-,22-,23-,24-,25+,26+,27-,28+,29+,30+,31-,32-,33+,34+,35+,36+,37+,38-,39+,40-,41+,43+,44+,45-,46+,47+,48-,50?/m0/s1. The van der Waals surface area contributed by atoms with Gasteiger partial charge >= 0.3 is 35.4 Å². The van der Waals surface area contributed by atoms with E-state index >= 15 is 0 Å². The third-order valence-corrected chi connectivity index (χ3v) is 20.8. The third-order valence-electron chi connectivity index (χ3n) is 17.1. The monoisotopic (exact) mass is 1610 g/mol. The Morgan fingerprint density at radius 2 is 0.981 bits per heavy atom. The van der Waals surface area contributed by atoms with E-state index in [2.05, 4.69) is 8.83 Å². The third kappa shape index (κ3) is 21.8. The maximum Gasteiger partial charge on any atom is 0.481 e. The molecule has 40 atom stereocenters. The number of hydrogen-bond acceptors (Lipinski definition) is 47. The van der Waals surface area contributed by atoms with Crippen molar-refractivity contribution >= 4 is 35.4 Å². The van der Waals surface area contributed by atoms with E-state index in [-0.39, 0.29) is 0 Å². The molecule has 0 radical (unpaired) electrons. The van der Waals surface area contributed by atoms with Gasteiger partial charge in [-0.2, -0.15) is 4.31 Å². The van der Waals surface area contributed by atoms with Crippen molar-refractivity contribution < 1.29 is 239 Å². The van der Waals surface area contributed by atoms with Crippen molar-refractivity contribution in [2.24, 2.45) is 17.2 Å². The Balaban J connectivity index is 1.30. The van der Waals surface area contributed by atoms with Crippen molar-refractivity contribution in [1.29, 1.82) is 0 Å². The fraction of sp³-hybridized carbons (Fsp3) is 0.960. The normalized spacial score (nSPS) is 45.1. The maximum absolute atomic E-state index is 14.0. The molecule has 7 aliphatic heterocycles. The molecule has 0 aromatic rings. The molecule has 105 heavy (non-hydrogen) atoms. The second-order valence-corrected chi connectivity index (χ2v) is 29.1. The Kier molecular flexibility index (Phi) is 32.7. The molecule has 0 amide bonds. The first-order valence-electron chi connectivity index (χ1n) is 31.5. The summed E-state index contributed by atoms with van der Waals surface area (Å²) in [7, 11) is -18.1. The van der Waals surface area contributed by atoms with E-state index in [4.69, 9.17) is 92.4 Å². The molecule has 0 aliphatic carbocycles. The van der Waals surface area contributed by atoms with Crippen LogP contribution in [0.4, 0.5) is 0 Å². The number of ether oxygens (including phenoxy) is 13. The summed E-state index contributed by atoms with van der Waals surface area (Å²) in [6, 6.07) is -1.18. The quantitative estimate of drug-likeness (QED) is 0.0262. The molecule has 7 heterocycles. The van der Waals surface area contributed by atoms with Crippen LogP contribution in [-0.2, 0) is 107 Å². The van der Waals surface area contributed by atoms with Crippen LogP contribution < -0.4 is 17.2 Å². The fourth-order valence-corrected chi connectivity index (χ4v) is 14.8. The maximum atomic E-state index is 14.0. The van der Waals surface area contributed by atoms with E-state index < -0.39 is 334 Å². The molecular weight excluding hydrogens is 1520 g/mol. The van der Waals surface area contributed by atoms with Gasteiger partial charge in [0.15, 0.2) is 43.8 Å². The molecule has 52 nitrogen and oxygen atoms in total. The zero-order valence-electron chi connectivity index (χ0n) is 54.2. The van der Waals surface area contributed by atoms with Crippen molar-refractivity contribution in [3.8, 4) is 0 Å². The summed E-state index contributed by atoms with van der Waals surface area (Å²) in [5, 5.41) is 252. The molecule has 0 aromatic carbocycles. The molecule has 55 heteroatoms. The smallest absolute Gasteiger partial charge is 0.479 e. The van der Waals surface area contributed by atoms with E-state index in [0.29, 0.717) is 0 Å². The number of carbonyl (C=O) groups is 2. The summed E-state index contributed by atoms with van der Waals surface area (Å²) in [4.78, 5) is 56.8. The van der Waals surface area contributed by atoms with Gasteiger partial charge in [0.25, 0.3) is 5.79 Å². The van der Waals surface area contributed by atoms with Gasteiger partial charge in [-0.25, -0.2) is 23.3 Å². The van der Waals surface area contributed by atoms with E-state index in [1.807, 2.05) is 0 Å². The molecule has 7 rings (SSSR count). The number of aliphatic carboxylic acids is 2. The molecule has 0 spiro atoms. The first-order valence-corrected chi connectivity index (χ1v) is 36.0. The molecule has 32 N–H and O–H groups in total. The van der Waals surface area contributed by atoms with Crippen LogP contribution in [0.2, 0.25) is 0 Å². The number of phosphoric ester groups is 3. The summed E-state index contributed by atoms with van der Waals surface area (Å²) in [5.41, 5.74) is 16.5. The molecular formula is C50H90N3O49P3. The summed E-state index contributed by atoms with van der Waals surface area (Å²) in [6.45, 7) is -10.1. The van der Waals surface area contributed by atoms with Crippen molar-refractivity contribution in [3.63, 3.8) is 0 Å². The Morgan fingerprint density at radius 3 is 1.56 bits per heavy atom. The minimum absolute atomic E-state index is 0.470. The Hall–Kier alpha value is -2.17. The largest absolute Gasteiger partial charge is 0.481 e. The number of nitrogens with two attached hydrogens (primary N) is 3. The lowest BCUT2D eigenvalue weighted by Crippen LogP contribution is -2.69. The van der Waals surface area contributed by atoms with Crippen LogP contribution in [0.5, 0.6) is 0 Å². The average molecular weight is 1610 g/mol. The fourth-order valence-electron chi connectivity index (χ4n) is 11.6. The highest BCUT2D eigenvalue weighted by atomic mass is 31.3. The van der Waals surface area contributed by atoms with Gasteiger partial charge in [-0.1, -0.05) is 0 Å². The van der Waals surface area contributed by atoms with Crippen LogP contribution in [0.25, 0.3) is 0 Å². The second kappa shape index (κ2) is 38.1. The lowest BCUT2D eigenvalue weighted by atomic mass is 9.91. The predicted molar refractivity (Wildman–Crippen MR) is 316 cm³/mol. The van der Waals surface area contributed by atoms with E-state index in [0.717, 1.165) is 0 Å². The number of aliphatic hydroxyl groups excluding tert-OH is 20. The van der Waals surface area contributed by atoms with Gasteiger partial charge in [0.1, 0.15) is 165 Å². The van der Waals surface area contributed by atoms with Gasteiger partial charge in [0.2, 0.25) is 0 Å². The van der Waals surface area contributed by atoms with Crippen LogP contribution in [0, 0.1) is 0 Å². The Morgan fingerprint density at radius 1 is 0.495 bits per heavy atom. The average Bonchev–Trinajstić information content (AvgIpc) is 0.759. The van der Waals surface area contributed by atoms with Crippen LogP contribution in [0.15, 0.2) is 0 Å². The lowest BCUT2D eigenvalue weighted by Gasteiger charge is -2.51. The van der Waals surface area contributed by atoms with Crippen LogP contribution >= 0.6 is 23.5 Å². The van der Waals surface area contributed by atoms with Crippen molar-refractivity contribution in [3.05, 3.63) is 0 Å². The highest BCUT2D eigenvalue weighted by molar-refractivity contribution is 7.61. The lowest BCUT2D eigenvalue weighted by molar-refractivity contribution is -0.395. The van der Waals surface area contributed by atoms with Gasteiger partial charge in [-0.05, 0) is 0 Å². The molecule has 4 unspecified atom stereocenters. The van der Waals surface area contributed by atoms with E-state index in [1.54, 1.807) is 0 Å². The molecule has 0 saturated carbocycles. The second-order valence-electron chi connectivity index (χ2n) is 24.7. The van der Waals surface area contributed by atoms with Gasteiger partial charge in [-0.3, -0.25) is 18.1 Å². The molecule has 7 fully saturated rings. The number of carboxylic acid groups (broad SMARTS) is 2. The molecule has 0 bridgehead atoms. The van der Waals surface area contributed by atoms with Gasteiger partial charge < -0.3 is 211 Å². The van der Waals surface area contributed by atoms with Crippen molar-refractivity contribution in [1.82, 2.24) is 0 Å². The first-order chi connectivity index (χ1) is 49.0. The van der Waals surface area contributed by atoms with Crippen LogP contribution in [0.1, 0.15) is 6.42 Å². The summed E-state index contributed by atoms with van der Waals surface area (Å²) in [6.07, 6.45) is -87.7. The van der Waals surface area contributed by atoms with E-state index in [1.165, 1.54) is 0 Å². The van der Waals surface area contributed by atoms with Gasteiger partial charge in [-0.15, -0.1) is 0 Å². The number of phosphoric acid groups is 3. The summed E-state index contributed by atoms with van der Waals surface area (Å²) in [5.74, 6) is -7.57. The van der Waals surface area contributed by atoms with Crippen LogP contribution in [0.3, 0.4) is 0 Å². The zero-order valence-corrected chi connectivity index (χ0v) is 56.8. The Bertz CT molecular complexity index is 2900. The van der Waals surface area contributed by atoms with Gasteiger partial charge in [0.05, 0.1) is 65.0 Å².